The third-order valence-corrected chi connectivity index (χ3v) is 2.63. The molecule has 0 bridgehead atoms. The summed E-state index contributed by atoms with van der Waals surface area (Å²) in [6, 6.07) is 5.94. The fourth-order valence-corrected chi connectivity index (χ4v) is 1.77. The van der Waals surface area contributed by atoms with Gasteiger partial charge in [0.25, 0.3) is 5.91 Å². The van der Waals surface area contributed by atoms with Gasteiger partial charge in [0.2, 0.25) is 0 Å². The van der Waals surface area contributed by atoms with Gasteiger partial charge in [0.15, 0.2) is 0 Å². The van der Waals surface area contributed by atoms with Gasteiger partial charge in [-0.2, -0.15) is 0 Å². The Balaban J connectivity index is 2.35. The Hall–Kier alpha value is -2.96. The van der Waals surface area contributed by atoms with Crippen LogP contribution in [0.1, 0.15) is 15.9 Å². The van der Waals surface area contributed by atoms with E-state index in [1.165, 1.54) is 24.4 Å². The normalized spacial score (nSPS) is 10.1. The summed E-state index contributed by atoms with van der Waals surface area (Å²) in [7, 11) is 0. The van der Waals surface area contributed by atoms with Gasteiger partial charge in [-0.05, 0) is 30.7 Å². The predicted molar refractivity (Wildman–Crippen MR) is 74.4 cm³/mol. The first-order chi connectivity index (χ1) is 9.49. The first-order valence-electron chi connectivity index (χ1n) is 5.75. The average Bonchev–Trinajstić information content (AvgIpc) is 2.37. The van der Waals surface area contributed by atoms with Crippen LogP contribution in [0.5, 0.6) is 0 Å². The Kier molecular flexibility index (Phi) is 3.60. The highest BCUT2D eigenvalue weighted by molar-refractivity contribution is 6.08. The van der Waals surface area contributed by atoms with E-state index in [1.54, 1.807) is 12.3 Å². The Morgan fingerprint density at radius 2 is 2.15 bits per heavy atom. The van der Waals surface area contributed by atoms with Crippen LogP contribution < -0.4 is 11.1 Å². The third-order valence-electron chi connectivity index (χ3n) is 2.63. The van der Waals surface area contributed by atoms with Gasteiger partial charge in [-0.25, -0.2) is 0 Å². The molecule has 7 nitrogen and oxygen atoms in total. The molecule has 0 atom stereocenters. The number of anilines is 2. The molecule has 0 radical (unpaired) electrons. The van der Waals surface area contributed by atoms with Gasteiger partial charge in [0.05, 0.1) is 16.8 Å². The van der Waals surface area contributed by atoms with Crippen molar-refractivity contribution in [3.05, 3.63) is 57.9 Å². The summed E-state index contributed by atoms with van der Waals surface area (Å²) in [6.07, 6.45) is 3.10. The van der Waals surface area contributed by atoms with Gasteiger partial charge in [-0.3, -0.25) is 19.9 Å². The number of benzene rings is 1. The van der Waals surface area contributed by atoms with Gasteiger partial charge in [-0.1, -0.05) is 6.07 Å². The number of para-hydroxylation sites is 1. The lowest BCUT2D eigenvalue weighted by Gasteiger charge is -2.07. The van der Waals surface area contributed by atoms with E-state index in [0.717, 1.165) is 5.56 Å². The molecule has 0 unspecified atom stereocenters. The number of pyridine rings is 1. The van der Waals surface area contributed by atoms with Gasteiger partial charge in [-0.15, -0.1) is 0 Å². The number of nitrogens with zero attached hydrogens (tertiary/aromatic N) is 2. The minimum absolute atomic E-state index is 0.0509. The number of hydrogen-bond donors (Lipinski definition) is 2. The molecule has 0 saturated heterocycles. The molecule has 1 aromatic carbocycles. The molecule has 0 aliphatic carbocycles. The van der Waals surface area contributed by atoms with Gasteiger partial charge in [0, 0.05) is 6.20 Å². The second-order valence-electron chi connectivity index (χ2n) is 4.21. The van der Waals surface area contributed by atoms with Crippen LogP contribution in [0.3, 0.4) is 0 Å². The quantitative estimate of drug-likeness (QED) is 0.505. The average molecular weight is 272 g/mol. The fraction of sp³-hybridized carbons (Fsp3) is 0.0769. The first-order valence-corrected chi connectivity index (χ1v) is 5.75. The zero-order chi connectivity index (χ0) is 14.7. The third kappa shape index (κ3) is 2.72. The summed E-state index contributed by atoms with van der Waals surface area (Å²) < 4.78 is 0. The van der Waals surface area contributed by atoms with Crippen molar-refractivity contribution in [3.8, 4) is 0 Å². The molecule has 0 aliphatic rings. The van der Waals surface area contributed by atoms with Crippen molar-refractivity contribution >= 4 is 23.0 Å². The van der Waals surface area contributed by atoms with Crippen LogP contribution in [0, 0.1) is 17.0 Å². The highest BCUT2D eigenvalue weighted by Gasteiger charge is 2.23. The Bertz CT molecular complexity index is 685. The van der Waals surface area contributed by atoms with Crippen LogP contribution in [-0.4, -0.2) is 15.8 Å². The summed E-state index contributed by atoms with van der Waals surface area (Å²) in [4.78, 5) is 26.4. The Morgan fingerprint density at radius 1 is 1.40 bits per heavy atom. The minimum Gasteiger partial charge on any atom is -0.393 e. The molecular weight excluding hydrogens is 260 g/mol. The number of rotatable bonds is 3. The smallest absolute Gasteiger partial charge is 0.304 e. The van der Waals surface area contributed by atoms with E-state index in [4.69, 9.17) is 5.73 Å². The van der Waals surface area contributed by atoms with Crippen molar-refractivity contribution in [2.75, 3.05) is 11.1 Å². The van der Waals surface area contributed by atoms with Gasteiger partial charge < -0.3 is 11.1 Å². The fourth-order valence-electron chi connectivity index (χ4n) is 1.77. The lowest BCUT2D eigenvalue weighted by molar-refractivity contribution is -0.384. The molecule has 3 N–H and O–H groups in total. The summed E-state index contributed by atoms with van der Waals surface area (Å²) in [5.41, 5.74) is 6.34. The Labute approximate surface area is 114 Å². The zero-order valence-corrected chi connectivity index (χ0v) is 10.7. The first kappa shape index (κ1) is 13.5. The van der Waals surface area contributed by atoms with Crippen LogP contribution in [0.2, 0.25) is 0 Å². The Morgan fingerprint density at radius 3 is 2.80 bits per heavy atom. The number of carbonyl (C=O) groups excluding carboxylic acids is 1. The van der Waals surface area contributed by atoms with Crippen molar-refractivity contribution in [3.63, 3.8) is 0 Å². The maximum atomic E-state index is 12.1. The van der Waals surface area contributed by atoms with Crippen molar-refractivity contribution in [2.24, 2.45) is 0 Å². The van der Waals surface area contributed by atoms with Gasteiger partial charge in [0.1, 0.15) is 11.3 Å². The van der Waals surface area contributed by atoms with Crippen molar-refractivity contribution in [2.45, 2.75) is 6.92 Å². The number of aromatic nitrogens is 1. The van der Waals surface area contributed by atoms with Crippen LogP contribution in [0.4, 0.5) is 17.1 Å². The SMILES string of the molecule is Cc1cncc(NC(=O)c2cccc(N)c2[N+](=O)[O-])c1. The monoisotopic (exact) mass is 272 g/mol. The lowest BCUT2D eigenvalue weighted by Crippen LogP contribution is -2.15. The highest BCUT2D eigenvalue weighted by Crippen LogP contribution is 2.26. The molecule has 2 aromatic rings. The van der Waals surface area contributed by atoms with Crippen molar-refractivity contribution < 1.29 is 9.72 Å². The molecule has 0 aliphatic heterocycles. The van der Waals surface area contributed by atoms with E-state index < -0.39 is 16.5 Å². The van der Waals surface area contributed by atoms with Crippen molar-refractivity contribution in [1.29, 1.82) is 0 Å². The number of nitrogens with one attached hydrogen (secondary N) is 1. The van der Waals surface area contributed by atoms with Crippen LogP contribution in [0.15, 0.2) is 36.7 Å². The van der Waals surface area contributed by atoms with Crippen molar-refractivity contribution in [1.82, 2.24) is 4.98 Å². The molecule has 20 heavy (non-hydrogen) atoms. The van der Waals surface area contributed by atoms with Crippen LogP contribution in [0.25, 0.3) is 0 Å². The maximum absolute atomic E-state index is 12.1. The number of nitro groups is 1. The highest BCUT2D eigenvalue weighted by atomic mass is 16.6. The number of hydrogen-bond acceptors (Lipinski definition) is 5. The predicted octanol–water partition coefficient (Wildman–Crippen LogP) is 2.13. The molecular formula is C13H12N4O3. The summed E-state index contributed by atoms with van der Waals surface area (Å²) >= 11 is 0. The molecule has 0 saturated carbocycles. The molecule has 2 rings (SSSR count). The molecule has 1 heterocycles. The second-order valence-corrected chi connectivity index (χ2v) is 4.21. The van der Waals surface area contributed by atoms with E-state index in [-0.39, 0.29) is 11.3 Å². The molecule has 0 spiro atoms. The summed E-state index contributed by atoms with van der Waals surface area (Å²) in [5, 5.41) is 13.5. The van der Waals surface area contributed by atoms with E-state index in [0.29, 0.717) is 5.69 Å². The van der Waals surface area contributed by atoms with Gasteiger partial charge >= 0.3 is 5.69 Å². The van der Waals surface area contributed by atoms with E-state index in [1.807, 2.05) is 6.92 Å². The number of aryl methyl sites for hydroxylation is 1. The minimum atomic E-state index is -0.668. The second kappa shape index (κ2) is 5.35. The maximum Gasteiger partial charge on any atom is 0.304 e. The number of nitro benzene ring substituents is 1. The number of nitrogen functional groups attached to an aromatic ring is 1. The zero-order valence-electron chi connectivity index (χ0n) is 10.7. The largest absolute Gasteiger partial charge is 0.393 e. The van der Waals surface area contributed by atoms with Crippen LogP contribution >= 0.6 is 0 Å². The number of amides is 1. The van der Waals surface area contributed by atoms with Crippen LogP contribution in [-0.2, 0) is 0 Å². The number of carbonyl (C=O) groups is 1. The summed E-state index contributed by atoms with van der Waals surface area (Å²) in [6.45, 7) is 1.83. The molecule has 0 fully saturated rings. The van der Waals surface area contributed by atoms with E-state index in [9.17, 15) is 14.9 Å². The molecule has 102 valence electrons. The number of nitrogens with two attached hydrogens (primary N) is 1. The standard InChI is InChI=1S/C13H12N4O3/c1-8-5-9(7-15-6-8)16-13(18)10-3-2-4-11(14)12(10)17(19)20/h2-7H,14H2,1H3,(H,16,18). The van der Waals surface area contributed by atoms with E-state index >= 15 is 0 Å². The molecule has 7 heteroatoms. The summed E-state index contributed by atoms with van der Waals surface area (Å²) in [5.74, 6) is -0.601. The van der Waals surface area contributed by atoms with E-state index in [2.05, 4.69) is 10.3 Å². The topological polar surface area (TPSA) is 111 Å². The molecule has 1 amide bonds. The molecule has 1 aromatic heterocycles. The lowest BCUT2D eigenvalue weighted by atomic mass is 10.1.